The average molecular weight is 346 g/mol. The van der Waals surface area contributed by atoms with Gasteiger partial charge in [0.25, 0.3) is 0 Å². The summed E-state index contributed by atoms with van der Waals surface area (Å²) in [6.07, 6.45) is 0.725. The SMILES string of the molecule is O=C(NCc1ccc(Br)cc1)C1CCOc2ccccc21. The van der Waals surface area contributed by atoms with Crippen molar-refractivity contribution in [3.63, 3.8) is 0 Å². The number of para-hydroxylation sites is 1. The first-order valence-electron chi connectivity index (χ1n) is 6.98. The largest absolute Gasteiger partial charge is 0.493 e. The number of benzene rings is 2. The lowest BCUT2D eigenvalue weighted by Gasteiger charge is -2.25. The molecule has 1 heterocycles. The molecule has 1 amide bonds. The number of halogens is 1. The van der Waals surface area contributed by atoms with E-state index >= 15 is 0 Å². The molecule has 0 spiro atoms. The Bertz CT molecular complexity index is 639. The molecule has 2 aromatic carbocycles. The third-order valence-corrected chi connectivity index (χ3v) is 4.18. The maximum atomic E-state index is 12.4. The van der Waals surface area contributed by atoms with Gasteiger partial charge in [-0.3, -0.25) is 4.79 Å². The van der Waals surface area contributed by atoms with Gasteiger partial charge in [0.1, 0.15) is 5.75 Å². The van der Waals surface area contributed by atoms with Gasteiger partial charge in [-0.2, -0.15) is 0 Å². The summed E-state index contributed by atoms with van der Waals surface area (Å²) in [6, 6.07) is 15.7. The molecule has 0 saturated heterocycles. The van der Waals surface area contributed by atoms with E-state index in [0.717, 1.165) is 27.8 Å². The Hall–Kier alpha value is -1.81. The fourth-order valence-electron chi connectivity index (χ4n) is 2.53. The minimum atomic E-state index is -0.120. The average Bonchev–Trinajstić information content (AvgIpc) is 2.53. The number of rotatable bonds is 3. The van der Waals surface area contributed by atoms with Crippen molar-refractivity contribution in [1.82, 2.24) is 5.32 Å². The van der Waals surface area contributed by atoms with E-state index in [1.165, 1.54) is 0 Å². The highest BCUT2D eigenvalue weighted by Gasteiger charge is 2.26. The number of carbonyl (C=O) groups excluding carboxylic acids is 1. The van der Waals surface area contributed by atoms with E-state index in [1.807, 2.05) is 48.5 Å². The minimum absolute atomic E-state index is 0.0636. The molecule has 1 aliphatic rings. The number of carbonyl (C=O) groups is 1. The summed E-state index contributed by atoms with van der Waals surface area (Å²) in [5.74, 6) is 0.770. The van der Waals surface area contributed by atoms with Crippen LogP contribution in [0.5, 0.6) is 5.75 Å². The molecule has 2 aromatic rings. The summed E-state index contributed by atoms with van der Waals surface area (Å²) in [5, 5.41) is 3.02. The van der Waals surface area contributed by atoms with Crippen molar-refractivity contribution in [2.75, 3.05) is 6.61 Å². The van der Waals surface area contributed by atoms with Crippen LogP contribution < -0.4 is 10.1 Å². The predicted molar refractivity (Wildman–Crippen MR) is 85.3 cm³/mol. The van der Waals surface area contributed by atoms with Gasteiger partial charge in [0.15, 0.2) is 0 Å². The summed E-state index contributed by atoms with van der Waals surface area (Å²) in [4.78, 5) is 12.4. The predicted octanol–water partition coefficient (Wildman–Crippen LogP) is 3.63. The molecule has 0 aliphatic carbocycles. The summed E-state index contributed by atoms with van der Waals surface area (Å²) in [5.41, 5.74) is 2.07. The molecular formula is C17H16BrNO2. The molecule has 0 aromatic heterocycles. The van der Waals surface area contributed by atoms with Gasteiger partial charge in [0, 0.05) is 16.6 Å². The van der Waals surface area contributed by atoms with Gasteiger partial charge in [-0.05, 0) is 30.2 Å². The molecule has 0 bridgehead atoms. The Morgan fingerprint density at radius 3 is 2.76 bits per heavy atom. The number of fused-ring (bicyclic) bond motifs is 1. The summed E-state index contributed by atoms with van der Waals surface area (Å²) in [6.45, 7) is 1.14. The third-order valence-electron chi connectivity index (χ3n) is 3.66. The van der Waals surface area contributed by atoms with Gasteiger partial charge in [-0.1, -0.05) is 46.3 Å². The van der Waals surface area contributed by atoms with Crippen molar-refractivity contribution in [3.8, 4) is 5.75 Å². The number of nitrogens with one attached hydrogen (secondary N) is 1. The maximum absolute atomic E-state index is 12.4. The van der Waals surface area contributed by atoms with Crippen LogP contribution >= 0.6 is 15.9 Å². The highest BCUT2D eigenvalue weighted by Crippen LogP contribution is 2.33. The Labute approximate surface area is 132 Å². The molecule has 0 fully saturated rings. The molecule has 0 saturated carbocycles. The minimum Gasteiger partial charge on any atom is -0.493 e. The van der Waals surface area contributed by atoms with Crippen molar-refractivity contribution in [2.45, 2.75) is 18.9 Å². The van der Waals surface area contributed by atoms with Gasteiger partial charge in [-0.15, -0.1) is 0 Å². The first-order valence-corrected chi connectivity index (χ1v) is 7.77. The normalized spacial score (nSPS) is 16.7. The second-order valence-electron chi connectivity index (χ2n) is 5.07. The van der Waals surface area contributed by atoms with E-state index in [2.05, 4.69) is 21.2 Å². The van der Waals surface area contributed by atoms with Crippen LogP contribution in [0.1, 0.15) is 23.5 Å². The Morgan fingerprint density at radius 2 is 1.95 bits per heavy atom. The zero-order valence-electron chi connectivity index (χ0n) is 11.5. The van der Waals surface area contributed by atoms with Crippen LogP contribution in [0.3, 0.4) is 0 Å². The summed E-state index contributed by atoms with van der Waals surface area (Å²) >= 11 is 3.40. The monoisotopic (exact) mass is 345 g/mol. The van der Waals surface area contributed by atoms with E-state index < -0.39 is 0 Å². The number of amides is 1. The number of hydrogen-bond acceptors (Lipinski definition) is 2. The molecule has 4 heteroatoms. The third kappa shape index (κ3) is 3.27. The molecule has 1 N–H and O–H groups in total. The Kier molecular flexibility index (Phi) is 4.25. The van der Waals surface area contributed by atoms with Gasteiger partial charge in [0.2, 0.25) is 5.91 Å². The van der Waals surface area contributed by atoms with E-state index in [-0.39, 0.29) is 11.8 Å². The quantitative estimate of drug-likeness (QED) is 0.922. The van der Waals surface area contributed by atoms with Crippen LogP contribution in [0, 0.1) is 0 Å². The molecule has 1 atom stereocenters. The second kappa shape index (κ2) is 6.31. The van der Waals surface area contributed by atoms with Crippen LogP contribution in [0.25, 0.3) is 0 Å². The van der Waals surface area contributed by atoms with Crippen LogP contribution in [0.15, 0.2) is 53.0 Å². The van der Waals surface area contributed by atoms with E-state index in [4.69, 9.17) is 4.74 Å². The fraction of sp³-hybridized carbons (Fsp3) is 0.235. The zero-order valence-corrected chi connectivity index (χ0v) is 13.1. The van der Waals surface area contributed by atoms with Crippen molar-refractivity contribution in [2.24, 2.45) is 0 Å². The van der Waals surface area contributed by atoms with Crippen LogP contribution in [-0.2, 0) is 11.3 Å². The first-order chi connectivity index (χ1) is 10.2. The summed E-state index contributed by atoms with van der Waals surface area (Å²) in [7, 11) is 0. The first kappa shape index (κ1) is 14.1. The van der Waals surface area contributed by atoms with Gasteiger partial charge in [0.05, 0.1) is 12.5 Å². The summed E-state index contributed by atoms with van der Waals surface area (Å²) < 4.78 is 6.63. The standard InChI is InChI=1S/C17H16BrNO2/c18-13-7-5-12(6-8-13)11-19-17(20)15-9-10-21-16-4-2-1-3-14(15)16/h1-8,15H,9-11H2,(H,19,20). The Morgan fingerprint density at radius 1 is 1.19 bits per heavy atom. The smallest absolute Gasteiger partial charge is 0.228 e. The molecule has 1 unspecified atom stereocenters. The molecule has 3 nitrogen and oxygen atoms in total. The molecular weight excluding hydrogens is 330 g/mol. The number of hydrogen-bond donors (Lipinski definition) is 1. The van der Waals surface area contributed by atoms with E-state index in [0.29, 0.717) is 13.2 Å². The Balaban J connectivity index is 1.68. The van der Waals surface area contributed by atoms with Gasteiger partial charge < -0.3 is 10.1 Å². The molecule has 3 rings (SSSR count). The zero-order chi connectivity index (χ0) is 14.7. The van der Waals surface area contributed by atoms with E-state index in [9.17, 15) is 4.79 Å². The van der Waals surface area contributed by atoms with Crippen LogP contribution in [-0.4, -0.2) is 12.5 Å². The lowest BCUT2D eigenvalue weighted by molar-refractivity contribution is -0.123. The van der Waals surface area contributed by atoms with Crippen molar-refractivity contribution < 1.29 is 9.53 Å². The molecule has 21 heavy (non-hydrogen) atoms. The molecule has 108 valence electrons. The molecule has 1 aliphatic heterocycles. The fourth-order valence-corrected chi connectivity index (χ4v) is 2.79. The van der Waals surface area contributed by atoms with Crippen molar-refractivity contribution in [3.05, 3.63) is 64.1 Å². The van der Waals surface area contributed by atoms with Crippen molar-refractivity contribution >= 4 is 21.8 Å². The lowest BCUT2D eigenvalue weighted by atomic mass is 9.92. The highest BCUT2D eigenvalue weighted by molar-refractivity contribution is 9.10. The van der Waals surface area contributed by atoms with Gasteiger partial charge in [-0.25, -0.2) is 0 Å². The highest BCUT2D eigenvalue weighted by atomic mass is 79.9. The lowest BCUT2D eigenvalue weighted by Crippen LogP contribution is -2.32. The second-order valence-corrected chi connectivity index (χ2v) is 5.99. The maximum Gasteiger partial charge on any atom is 0.228 e. The number of ether oxygens (including phenoxy) is 1. The van der Waals surface area contributed by atoms with Gasteiger partial charge >= 0.3 is 0 Å². The molecule has 0 radical (unpaired) electrons. The van der Waals surface area contributed by atoms with E-state index in [1.54, 1.807) is 0 Å². The van der Waals surface area contributed by atoms with Crippen molar-refractivity contribution in [1.29, 1.82) is 0 Å². The topological polar surface area (TPSA) is 38.3 Å². The van der Waals surface area contributed by atoms with Crippen LogP contribution in [0.2, 0.25) is 0 Å². The van der Waals surface area contributed by atoms with Crippen LogP contribution in [0.4, 0.5) is 0 Å².